The first kappa shape index (κ1) is 13.2. The molecule has 1 aromatic carbocycles. The van der Waals surface area contributed by atoms with Crippen LogP contribution < -0.4 is 5.73 Å². The summed E-state index contributed by atoms with van der Waals surface area (Å²) in [5, 5.41) is 6.00. The Morgan fingerprint density at radius 3 is 3.00 bits per heavy atom. The highest BCUT2D eigenvalue weighted by Gasteiger charge is 2.10. The fraction of sp³-hybridized carbons (Fsp3) is 0.143. The van der Waals surface area contributed by atoms with E-state index in [4.69, 9.17) is 10.3 Å². The average Bonchev–Trinajstić information content (AvgIpc) is 3.08. The second-order valence-corrected chi connectivity index (χ2v) is 6.27. The van der Waals surface area contributed by atoms with Crippen LogP contribution in [0, 0.1) is 6.92 Å². The Bertz CT molecular complexity index is 707. The van der Waals surface area contributed by atoms with Crippen LogP contribution in [0.15, 0.2) is 45.1 Å². The molecule has 2 heterocycles. The summed E-state index contributed by atoms with van der Waals surface area (Å²) in [6, 6.07) is 9.85. The van der Waals surface area contributed by atoms with E-state index < -0.39 is 0 Å². The summed E-state index contributed by atoms with van der Waals surface area (Å²) >= 11 is 3.27. The number of benzene rings is 1. The minimum absolute atomic E-state index is 0.634. The molecule has 102 valence electrons. The van der Waals surface area contributed by atoms with E-state index in [-0.39, 0.29) is 0 Å². The third kappa shape index (κ3) is 2.86. The van der Waals surface area contributed by atoms with Crippen LogP contribution in [0.25, 0.3) is 10.7 Å². The summed E-state index contributed by atoms with van der Waals surface area (Å²) in [6.45, 7) is 2.05. The van der Waals surface area contributed by atoms with Gasteiger partial charge < -0.3 is 10.3 Å². The maximum atomic E-state index is 5.74. The monoisotopic (exact) mass is 303 g/mol. The quantitative estimate of drug-likeness (QED) is 0.583. The molecule has 3 aromatic rings. The molecule has 0 saturated heterocycles. The van der Waals surface area contributed by atoms with Crippen molar-refractivity contribution in [1.82, 2.24) is 10.1 Å². The van der Waals surface area contributed by atoms with Crippen LogP contribution in [0.1, 0.15) is 11.5 Å². The molecule has 20 heavy (non-hydrogen) atoms. The minimum atomic E-state index is 0.634. The maximum absolute atomic E-state index is 5.74. The van der Waals surface area contributed by atoms with Crippen LogP contribution in [0.4, 0.5) is 5.69 Å². The SMILES string of the molecule is Cc1cc(N)ccc1SCc1nc(-c2cccs2)no1. The van der Waals surface area contributed by atoms with Gasteiger partial charge in [0, 0.05) is 10.6 Å². The molecule has 4 nitrogen and oxygen atoms in total. The molecule has 0 unspecified atom stereocenters. The Morgan fingerprint density at radius 1 is 1.35 bits per heavy atom. The molecular formula is C14H13N3OS2. The Labute approximate surface area is 125 Å². The number of nitrogens with two attached hydrogens (primary N) is 1. The van der Waals surface area contributed by atoms with E-state index in [0.29, 0.717) is 17.5 Å². The van der Waals surface area contributed by atoms with Crippen LogP contribution in [0.2, 0.25) is 0 Å². The first-order chi connectivity index (χ1) is 9.72. The summed E-state index contributed by atoms with van der Waals surface area (Å²) in [7, 11) is 0. The number of nitrogen functional groups attached to an aromatic ring is 1. The number of anilines is 1. The summed E-state index contributed by atoms with van der Waals surface area (Å²) in [6.07, 6.45) is 0. The smallest absolute Gasteiger partial charge is 0.237 e. The van der Waals surface area contributed by atoms with Crippen molar-refractivity contribution in [3.8, 4) is 10.7 Å². The molecule has 0 radical (unpaired) electrons. The number of aryl methyl sites for hydroxylation is 1. The third-order valence-electron chi connectivity index (χ3n) is 2.76. The topological polar surface area (TPSA) is 64.9 Å². The highest BCUT2D eigenvalue weighted by molar-refractivity contribution is 7.98. The van der Waals surface area contributed by atoms with E-state index in [9.17, 15) is 0 Å². The van der Waals surface area contributed by atoms with Gasteiger partial charge in [0.2, 0.25) is 11.7 Å². The van der Waals surface area contributed by atoms with Crippen LogP contribution in [-0.4, -0.2) is 10.1 Å². The van der Waals surface area contributed by atoms with Crippen molar-refractivity contribution in [3.05, 3.63) is 47.2 Å². The van der Waals surface area contributed by atoms with E-state index in [1.807, 2.05) is 42.6 Å². The van der Waals surface area contributed by atoms with Gasteiger partial charge in [-0.25, -0.2) is 0 Å². The normalized spacial score (nSPS) is 10.8. The fourth-order valence-electron chi connectivity index (χ4n) is 1.79. The number of nitrogens with zero attached hydrogens (tertiary/aromatic N) is 2. The Hall–Kier alpha value is -1.79. The summed E-state index contributed by atoms with van der Waals surface area (Å²) in [5.74, 6) is 1.95. The molecule has 6 heteroatoms. The molecule has 2 aromatic heterocycles. The highest BCUT2D eigenvalue weighted by Crippen LogP contribution is 2.28. The van der Waals surface area contributed by atoms with Gasteiger partial charge in [-0.1, -0.05) is 11.2 Å². The third-order valence-corrected chi connectivity index (χ3v) is 4.79. The lowest BCUT2D eigenvalue weighted by molar-refractivity contribution is 0.392. The van der Waals surface area contributed by atoms with Gasteiger partial charge in [0.25, 0.3) is 0 Å². The van der Waals surface area contributed by atoms with Gasteiger partial charge in [0.15, 0.2) is 0 Å². The molecule has 0 spiro atoms. The fourth-order valence-corrected chi connectivity index (χ4v) is 3.29. The zero-order chi connectivity index (χ0) is 13.9. The van der Waals surface area contributed by atoms with E-state index in [0.717, 1.165) is 16.1 Å². The first-order valence-electron chi connectivity index (χ1n) is 6.08. The number of rotatable bonds is 4. The lowest BCUT2D eigenvalue weighted by Crippen LogP contribution is -1.88. The van der Waals surface area contributed by atoms with E-state index in [1.54, 1.807) is 23.1 Å². The van der Waals surface area contributed by atoms with Gasteiger partial charge in [-0.2, -0.15) is 4.98 Å². The van der Waals surface area contributed by atoms with Gasteiger partial charge >= 0.3 is 0 Å². The summed E-state index contributed by atoms with van der Waals surface area (Å²) in [5.41, 5.74) is 7.69. The number of hydrogen-bond donors (Lipinski definition) is 1. The molecule has 0 bridgehead atoms. The number of aromatic nitrogens is 2. The van der Waals surface area contributed by atoms with Crippen molar-refractivity contribution in [2.75, 3.05) is 5.73 Å². The lowest BCUT2D eigenvalue weighted by atomic mass is 10.2. The Balaban J connectivity index is 1.70. The number of thiophene rings is 1. The average molecular weight is 303 g/mol. The highest BCUT2D eigenvalue weighted by atomic mass is 32.2. The van der Waals surface area contributed by atoms with Crippen LogP contribution in [0.3, 0.4) is 0 Å². The van der Waals surface area contributed by atoms with Gasteiger partial charge in [-0.3, -0.25) is 0 Å². The van der Waals surface area contributed by atoms with Crippen molar-refractivity contribution in [2.45, 2.75) is 17.6 Å². The first-order valence-corrected chi connectivity index (χ1v) is 7.94. The van der Waals surface area contributed by atoms with Crippen LogP contribution >= 0.6 is 23.1 Å². The molecular weight excluding hydrogens is 290 g/mol. The van der Waals surface area contributed by atoms with Crippen molar-refractivity contribution < 1.29 is 4.52 Å². The lowest BCUT2D eigenvalue weighted by Gasteiger charge is -2.04. The molecule has 0 aliphatic heterocycles. The van der Waals surface area contributed by atoms with Gasteiger partial charge in [-0.05, 0) is 42.1 Å². The van der Waals surface area contributed by atoms with Crippen molar-refractivity contribution >= 4 is 28.8 Å². The van der Waals surface area contributed by atoms with Crippen molar-refractivity contribution in [1.29, 1.82) is 0 Å². The van der Waals surface area contributed by atoms with Gasteiger partial charge in [-0.15, -0.1) is 23.1 Å². The van der Waals surface area contributed by atoms with Crippen molar-refractivity contribution in [2.24, 2.45) is 0 Å². The Kier molecular flexibility index (Phi) is 3.75. The molecule has 0 fully saturated rings. The zero-order valence-electron chi connectivity index (χ0n) is 10.9. The van der Waals surface area contributed by atoms with E-state index in [2.05, 4.69) is 10.1 Å². The second-order valence-electron chi connectivity index (χ2n) is 4.30. The van der Waals surface area contributed by atoms with Crippen LogP contribution in [0.5, 0.6) is 0 Å². The summed E-state index contributed by atoms with van der Waals surface area (Å²) in [4.78, 5) is 6.60. The standard InChI is InChI=1S/C14H13N3OS2/c1-9-7-10(15)4-5-11(9)20-8-13-16-14(17-18-13)12-3-2-6-19-12/h2-7H,8,15H2,1H3. The van der Waals surface area contributed by atoms with Gasteiger partial charge in [0.05, 0.1) is 10.6 Å². The molecule has 0 aliphatic carbocycles. The number of thioether (sulfide) groups is 1. The van der Waals surface area contributed by atoms with Crippen molar-refractivity contribution in [3.63, 3.8) is 0 Å². The predicted molar refractivity (Wildman–Crippen MR) is 82.8 cm³/mol. The van der Waals surface area contributed by atoms with E-state index >= 15 is 0 Å². The molecule has 0 aliphatic rings. The van der Waals surface area contributed by atoms with Crippen LogP contribution in [-0.2, 0) is 5.75 Å². The number of hydrogen-bond acceptors (Lipinski definition) is 6. The Morgan fingerprint density at radius 2 is 2.25 bits per heavy atom. The predicted octanol–water partition coefficient (Wildman–Crippen LogP) is 3.98. The summed E-state index contributed by atoms with van der Waals surface area (Å²) < 4.78 is 5.27. The maximum Gasteiger partial charge on any atom is 0.237 e. The molecule has 3 rings (SSSR count). The molecule has 0 atom stereocenters. The zero-order valence-corrected chi connectivity index (χ0v) is 12.5. The van der Waals surface area contributed by atoms with Gasteiger partial charge in [0.1, 0.15) is 0 Å². The molecule has 0 saturated carbocycles. The second kappa shape index (κ2) is 5.68. The van der Waals surface area contributed by atoms with E-state index in [1.165, 1.54) is 4.90 Å². The minimum Gasteiger partial charge on any atom is -0.399 e. The molecule has 2 N–H and O–H groups in total. The molecule has 0 amide bonds. The largest absolute Gasteiger partial charge is 0.399 e.